The average Bonchev–Trinajstić information content (AvgIpc) is 1.94. The maximum atomic E-state index is 5.54. The molecule has 56 valence electrons. The first-order chi connectivity index (χ1) is 4.74. The molecule has 0 spiro atoms. The molecule has 10 heavy (non-hydrogen) atoms. The fourth-order valence-electron chi connectivity index (χ4n) is 0.793. The number of likely N-dealkylation sites (N-methyl/N-ethyl adjacent to an activating group) is 1. The number of nitrogens with two attached hydrogens (primary N) is 1. The molecule has 0 fully saturated rings. The van der Waals surface area contributed by atoms with Crippen molar-refractivity contribution in [1.82, 2.24) is 10.2 Å². The SMILES string of the molecule is CNC1=CN(C)CN=C1N. The van der Waals surface area contributed by atoms with Crippen LogP contribution in [-0.4, -0.2) is 31.5 Å². The maximum Gasteiger partial charge on any atom is 0.145 e. The molecular formula is C6H12N4. The summed E-state index contributed by atoms with van der Waals surface area (Å²) < 4.78 is 0. The molecule has 0 bridgehead atoms. The highest BCUT2D eigenvalue weighted by Gasteiger charge is 2.06. The first-order valence-electron chi connectivity index (χ1n) is 3.14. The van der Waals surface area contributed by atoms with Crippen LogP contribution in [0.25, 0.3) is 0 Å². The first-order valence-corrected chi connectivity index (χ1v) is 3.14. The van der Waals surface area contributed by atoms with Crippen LogP contribution in [0.15, 0.2) is 16.9 Å². The van der Waals surface area contributed by atoms with Crippen LogP contribution in [0.4, 0.5) is 0 Å². The predicted molar refractivity (Wildman–Crippen MR) is 41.4 cm³/mol. The van der Waals surface area contributed by atoms with Gasteiger partial charge in [0, 0.05) is 20.3 Å². The van der Waals surface area contributed by atoms with E-state index >= 15 is 0 Å². The van der Waals surface area contributed by atoms with E-state index in [0.717, 1.165) is 5.70 Å². The number of aliphatic imine (C=N–C) groups is 1. The zero-order valence-corrected chi connectivity index (χ0v) is 6.26. The summed E-state index contributed by atoms with van der Waals surface area (Å²) in [6.45, 7) is 0.650. The van der Waals surface area contributed by atoms with Gasteiger partial charge in [-0.1, -0.05) is 0 Å². The molecule has 1 heterocycles. The molecule has 0 atom stereocenters. The molecule has 0 saturated carbocycles. The van der Waals surface area contributed by atoms with E-state index in [1.807, 2.05) is 25.2 Å². The molecule has 0 aromatic heterocycles. The van der Waals surface area contributed by atoms with Crippen molar-refractivity contribution in [3.8, 4) is 0 Å². The molecule has 0 aromatic rings. The van der Waals surface area contributed by atoms with Gasteiger partial charge >= 0.3 is 0 Å². The Morgan fingerprint density at radius 1 is 1.80 bits per heavy atom. The Balaban J connectivity index is 2.74. The van der Waals surface area contributed by atoms with Crippen LogP contribution in [0.1, 0.15) is 0 Å². The number of hydrogen-bond acceptors (Lipinski definition) is 4. The summed E-state index contributed by atoms with van der Waals surface area (Å²) in [5.74, 6) is 0.584. The zero-order chi connectivity index (χ0) is 7.56. The summed E-state index contributed by atoms with van der Waals surface area (Å²) in [7, 11) is 3.78. The van der Waals surface area contributed by atoms with Crippen molar-refractivity contribution in [3.05, 3.63) is 11.9 Å². The average molecular weight is 140 g/mol. The van der Waals surface area contributed by atoms with E-state index in [9.17, 15) is 0 Å². The number of nitrogens with zero attached hydrogens (tertiary/aromatic N) is 2. The van der Waals surface area contributed by atoms with Gasteiger partial charge in [-0.05, 0) is 0 Å². The van der Waals surface area contributed by atoms with Crippen molar-refractivity contribution < 1.29 is 0 Å². The highest BCUT2D eigenvalue weighted by atomic mass is 15.2. The minimum absolute atomic E-state index is 0.584. The zero-order valence-electron chi connectivity index (χ0n) is 6.26. The van der Waals surface area contributed by atoms with Gasteiger partial charge in [0.2, 0.25) is 0 Å². The predicted octanol–water partition coefficient (Wildman–Crippen LogP) is -0.693. The van der Waals surface area contributed by atoms with Gasteiger partial charge in [-0.25, -0.2) is 4.99 Å². The number of hydrogen-bond donors (Lipinski definition) is 2. The lowest BCUT2D eigenvalue weighted by atomic mass is 10.4. The van der Waals surface area contributed by atoms with Crippen molar-refractivity contribution >= 4 is 5.84 Å². The summed E-state index contributed by atoms with van der Waals surface area (Å²) in [6, 6.07) is 0. The van der Waals surface area contributed by atoms with Gasteiger partial charge in [0.15, 0.2) is 0 Å². The third-order valence-corrected chi connectivity index (χ3v) is 1.36. The van der Waals surface area contributed by atoms with Crippen molar-refractivity contribution in [1.29, 1.82) is 0 Å². The Kier molecular flexibility index (Phi) is 1.80. The largest absolute Gasteiger partial charge is 0.384 e. The highest BCUT2D eigenvalue weighted by molar-refractivity contribution is 5.96. The lowest BCUT2D eigenvalue weighted by Crippen LogP contribution is -2.31. The van der Waals surface area contributed by atoms with Gasteiger partial charge in [-0.3, -0.25) is 0 Å². The third kappa shape index (κ3) is 1.21. The van der Waals surface area contributed by atoms with Crippen molar-refractivity contribution in [2.24, 2.45) is 10.7 Å². The van der Waals surface area contributed by atoms with Crippen molar-refractivity contribution in [3.63, 3.8) is 0 Å². The lowest BCUT2D eigenvalue weighted by Gasteiger charge is -2.19. The van der Waals surface area contributed by atoms with Gasteiger partial charge in [-0.2, -0.15) is 0 Å². The molecule has 1 aliphatic rings. The Hall–Kier alpha value is -1.19. The van der Waals surface area contributed by atoms with E-state index in [2.05, 4.69) is 10.3 Å². The maximum absolute atomic E-state index is 5.54. The molecule has 4 nitrogen and oxygen atoms in total. The van der Waals surface area contributed by atoms with Crippen LogP contribution in [0.2, 0.25) is 0 Å². The van der Waals surface area contributed by atoms with E-state index in [-0.39, 0.29) is 0 Å². The molecule has 0 radical (unpaired) electrons. The van der Waals surface area contributed by atoms with E-state index in [4.69, 9.17) is 5.73 Å². The van der Waals surface area contributed by atoms with E-state index in [0.29, 0.717) is 12.5 Å². The number of rotatable bonds is 1. The van der Waals surface area contributed by atoms with Gasteiger partial charge in [-0.15, -0.1) is 0 Å². The molecule has 0 aliphatic carbocycles. The minimum Gasteiger partial charge on any atom is -0.384 e. The fraction of sp³-hybridized carbons (Fsp3) is 0.500. The second kappa shape index (κ2) is 2.60. The fourth-order valence-corrected chi connectivity index (χ4v) is 0.793. The number of amidine groups is 1. The lowest BCUT2D eigenvalue weighted by molar-refractivity contribution is 0.460. The van der Waals surface area contributed by atoms with Crippen molar-refractivity contribution in [2.45, 2.75) is 0 Å². The van der Waals surface area contributed by atoms with E-state index in [1.54, 1.807) is 0 Å². The summed E-state index contributed by atoms with van der Waals surface area (Å²) in [4.78, 5) is 6.01. The summed E-state index contributed by atoms with van der Waals surface area (Å²) in [5, 5.41) is 2.95. The smallest absolute Gasteiger partial charge is 0.145 e. The molecule has 3 N–H and O–H groups in total. The van der Waals surface area contributed by atoms with Crippen LogP contribution in [0.3, 0.4) is 0 Å². The molecule has 0 amide bonds. The Labute approximate surface area is 60.4 Å². The second-order valence-corrected chi connectivity index (χ2v) is 2.23. The molecule has 0 unspecified atom stereocenters. The van der Waals surface area contributed by atoms with Crippen LogP contribution >= 0.6 is 0 Å². The summed E-state index contributed by atoms with van der Waals surface area (Å²) in [6.07, 6.45) is 1.93. The molecule has 1 aliphatic heterocycles. The van der Waals surface area contributed by atoms with Gasteiger partial charge < -0.3 is 16.0 Å². The summed E-state index contributed by atoms with van der Waals surface area (Å²) in [5.41, 5.74) is 6.43. The van der Waals surface area contributed by atoms with Crippen molar-refractivity contribution in [2.75, 3.05) is 20.8 Å². The third-order valence-electron chi connectivity index (χ3n) is 1.36. The Morgan fingerprint density at radius 3 is 3.00 bits per heavy atom. The quantitative estimate of drug-likeness (QED) is 0.507. The van der Waals surface area contributed by atoms with Crippen LogP contribution in [0.5, 0.6) is 0 Å². The van der Waals surface area contributed by atoms with Gasteiger partial charge in [0.1, 0.15) is 12.5 Å². The molecule has 0 saturated heterocycles. The molecular weight excluding hydrogens is 128 g/mol. The molecule has 0 aromatic carbocycles. The highest BCUT2D eigenvalue weighted by Crippen LogP contribution is 1.99. The summed E-state index contributed by atoms with van der Waals surface area (Å²) >= 11 is 0. The van der Waals surface area contributed by atoms with E-state index < -0.39 is 0 Å². The Morgan fingerprint density at radius 2 is 2.50 bits per heavy atom. The normalized spacial score (nSPS) is 18.0. The minimum atomic E-state index is 0.584. The number of nitrogens with one attached hydrogen (secondary N) is 1. The van der Waals surface area contributed by atoms with Gasteiger partial charge in [0.25, 0.3) is 0 Å². The molecule has 1 rings (SSSR count). The first kappa shape index (κ1) is 6.92. The standard InChI is InChI=1S/C6H12N4/c1-8-5-3-10(2)4-9-6(5)7/h3,8H,4H2,1-2H3,(H2,7,9). The van der Waals surface area contributed by atoms with Gasteiger partial charge in [0.05, 0.1) is 5.70 Å². The molecule has 4 heteroatoms. The van der Waals surface area contributed by atoms with Crippen LogP contribution in [-0.2, 0) is 0 Å². The topological polar surface area (TPSA) is 53.6 Å². The monoisotopic (exact) mass is 140 g/mol. The van der Waals surface area contributed by atoms with Crippen LogP contribution in [0, 0.1) is 0 Å². The van der Waals surface area contributed by atoms with E-state index in [1.165, 1.54) is 0 Å². The second-order valence-electron chi connectivity index (χ2n) is 2.23. The Bertz CT molecular complexity index is 182. The van der Waals surface area contributed by atoms with Crippen LogP contribution < -0.4 is 11.1 Å².